The summed E-state index contributed by atoms with van der Waals surface area (Å²) in [6.45, 7) is -0.902. The predicted molar refractivity (Wildman–Crippen MR) is 70.0 cm³/mol. The number of carboxylic acids is 1. The summed E-state index contributed by atoms with van der Waals surface area (Å²) in [5.74, 6) is -3.55. The van der Waals surface area contributed by atoms with Gasteiger partial charge in [-0.05, 0) is 12.1 Å². The van der Waals surface area contributed by atoms with Crippen LogP contribution in [-0.2, 0) is 9.59 Å². The van der Waals surface area contributed by atoms with E-state index in [-0.39, 0.29) is 12.0 Å². The van der Waals surface area contributed by atoms with Crippen molar-refractivity contribution < 1.29 is 29.0 Å². The van der Waals surface area contributed by atoms with Crippen molar-refractivity contribution in [3.63, 3.8) is 0 Å². The van der Waals surface area contributed by atoms with Crippen molar-refractivity contribution in [2.24, 2.45) is 0 Å². The molecule has 1 aromatic carbocycles. The molecular formula is C13H15FN2O5. The van der Waals surface area contributed by atoms with E-state index in [4.69, 9.17) is 10.2 Å². The number of carboxylic acid groups (broad SMARTS) is 1. The number of hydrogen-bond acceptors (Lipinski definition) is 4. The molecule has 0 aliphatic rings. The van der Waals surface area contributed by atoms with E-state index in [0.717, 1.165) is 6.07 Å². The van der Waals surface area contributed by atoms with E-state index < -0.39 is 42.8 Å². The van der Waals surface area contributed by atoms with E-state index in [0.29, 0.717) is 0 Å². The SMILES string of the molecule is O=C(CNC(=O)c1ccccc1F)N[C@H](CCO)C(=O)O. The Hall–Kier alpha value is -2.48. The molecule has 0 bridgehead atoms. The molecule has 0 radical (unpaired) electrons. The number of aliphatic hydroxyl groups excluding tert-OH is 1. The Balaban J connectivity index is 2.51. The van der Waals surface area contributed by atoms with Crippen LogP contribution in [0.15, 0.2) is 24.3 Å². The third kappa shape index (κ3) is 5.19. The van der Waals surface area contributed by atoms with E-state index in [9.17, 15) is 18.8 Å². The minimum absolute atomic E-state index is 0.150. The first-order chi connectivity index (χ1) is 9.95. The van der Waals surface area contributed by atoms with Crippen LogP contribution in [0.1, 0.15) is 16.8 Å². The van der Waals surface area contributed by atoms with E-state index in [2.05, 4.69) is 10.6 Å². The molecule has 2 amide bonds. The second kappa shape index (κ2) is 7.95. The third-order valence-electron chi connectivity index (χ3n) is 2.58. The number of nitrogens with one attached hydrogen (secondary N) is 2. The standard InChI is InChI=1S/C13H15FN2O5/c14-9-4-2-1-3-8(9)12(19)15-7-11(18)16-10(5-6-17)13(20)21/h1-4,10,17H,5-7H2,(H,15,19)(H,16,18)(H,20,21)/t10-/m1/s1. The lowest BCUT2D eigenvalue weighted by atomic mass is 10.2. The first kappa shape index (κ1) is 16.6. The molecule has 0 heterocycles. The summed E-state index contributed by atoms with van der Waals surface area (Å²) in [7, 11) is 0. The Bertz CT molecular complexity index is 535. The van der Waals surface area contributed by atoms with Crippen molar-refractivity contribution in [2.45, 2.75) is 12.5 Å². The maximum absolute atomic E-state index is 13.3. The lowest BCUT2D eigenvalue weighted by molar-refractivity contribution is -0.142. The minimum atomic E-state index is -1.29. The number of carbonyl (C=O) groups excluding carboxylic acids is 2. The summed E-state index contributed by atoms with van der Waals surface area (Å²) >= 11 is 0. The predicted octanol–water partition coefficient (Wildman–Crippen LogP) is -0.493. The van der Waals surface area contributed by atoms with Crippen LogP contribution in [0.2, 0.25) is 0 Å². The Morgan fingerprint density at radius 3 is 2.48 bits per heavy atom. The molecule has 7 nitrogen and oxygen atoms in total. The number of aliphatic hydroxyl groups is 1. The second-order valence-electron chi connectivity index (χ2n) is 4.13. The number of amides is 2. The Labute approximate surface area is 119 Å². The molecular weight excluding hydrogens is 283 g/mol. The molecule has 8 heteroatoms. The van der Waals surface area contributed by atoms with Crippen LogP contribution >= 0.6 is 0 Å². The fourth-order valence-corrected chi connectivity index (χ4v) is 1.53. The molecule has 0 aliphatic carbocycles. The van der Waals surface area contributed by atoms with Crippen molar-refractivity contribution in [1.82, 2.24) is 10.6 Å². The minimum Gasteiger partial charge on any atom is -0.480 e. The molecule has 21 heavy (non-hydrogen) atoms. The zero-order valence-electron chi connectivity index (χ0n) is 11.0. The number of rotatable bonds is 7. The van der Waals surface area contributed by atoms with Crippen LogP contribution in [0.5, 0.6) is 0 Å². The first-order valence-electron chi connectivity index (χ1n) is 6.11. The largest absolute Gasteiger partial charge is 0.480 e. The van der Waals surface area contributed by atoms with Gasteiger partial charge in [-0.15, -0.1) is 0 Å². The molecule has 114 valence electrons. The lowest BCUT2D eigenvalue weighted by Gasteiger charge is -2.13. The lowest BCUT2D eigenvalue weighted by Crippen LogP contribution is -2.46. The molecule has 0 fully saturated rings. The van der Waals surface area contributed by atoms with Gasteiger partial charge in [0.2, 0.25) is 5.91 Å². The van der Waals surface area contributed by atoms with Crippen molar-refractivity contribution in [3.8, 4) is 0 Å². The molecule has 1 aromatic rings. The molecule has 0 saturated carbocycles. The summed E-state index contributed by atoms with van der Waals surface area (Å²) < 4.78 is 13.3. The maximum atomic E-state index is 13.3. The van der Waals surface area contributed by atoms with Crippen molar-refractivity contribution in [2.75, 3.05) is 13.2 Å². The number of hydrogen-bond donors (Lipinski definition) is 4. The van der Waals surface area contributed by atoms with Gasteiger partial charge in [-0.3, -0.25) is 9.59 Å². The van der Waals surface area contributed by atoms with Gasteiger partial charge in [0.15, 0.2) is 0 Å². The molecule has 0 spiro atoms. The normalized spacial score (nSPS) is 11.5. The van der Waals surface area contributed by atoms with Gasteiger partial charge in [-0.2, -0.15) is 0 Å². The van der Waals surface area contributed by atoms with Crippen LogP contribution in [0.25, 0.3) is 0 Å². The quantitative estimate of drug-likeness (QED) is 0.542. The first-order valence-corrected chi connectivity index (χ1v) is 6.11. The highest BCUT2D eigenvalue weighted by Crippen LogP contribution is 2.05. The maximum Gasteiger partial charge on any atom is 0.326 e. The summed E-state index contributed by atoms with van der Waals surface area (Å²) in [6.07, 6.45) is -0.150. The molecule has 0 saturated heterocycles. The highest BCUT2D eigenvalue weighted by Gasteiger charge is 2.19. The number of halogens is 1. The van der Waals surface area contributed by atoms with E-state index in [1.807, 2.05) is 0 Å². The van der Waals surface area contributed by atoms with Crippen LogP contribution in [-0.4, -0.2) is 47.2 Å². The van der Waals surface area contributed by atoms with Crippen LogP contribution in [0, 0.1) is 5.82 Å². The van der Waals surface area contributed by atoms with Gasteiger partial charge in [-0.1, -0.05) is 12.1 Å². The van der Waals surface area contributed by atoms with Gasteiger partial charge in [-0.25, -0.2) is 9.18 Å². The third-order valence-corrected chi connectivity index (χ3v) is 2.58. The topological polar surface area (TPSA) is 116 Å². The van der Waals surface area contributed by atoms with Gasteiger partial charge in [0.05, 0.1) is 12.1 Å². The van der Waals surface area contributed by atoms with Crippen LogP contribution in [0.4, 0.5) is 4.39 Å². The average Bonchev–Trinajstić information content (AvgIpc) is 2.44. The molecule has 0 unspecified atom stereocenters. The number of aliphatic carboxylic acids is 1. The van der Waals surface area contributed by atoms with Gasteiger partial charge in [0.25, 0.3) is 5.91 Å². The smallest absolute Gasteiger partial charge is 0.326 e. The summed E-state index contributed by atoms with van der Waals surface area (Å²) in [4.78, 5) is 33.9. The van der Waals surface area contributed by atoms with E-state index in [1.165, 1.54) is 18.2 Å². The van der Waals surface area contributed by atoms with Crippen molar-refractivity contribution >= 4 is 17.8 Å². The fourth-order valence-electron chi connectivity index (χ4n) is 1.53. The van der Waals surface area contributed by atoms with Crippen LogP contribution < -0.4 is 10.6 Å². The summed E-state index contributed by atoms with van der Waals surface area (Å²) in [5.41, 5.74) is -0.213. The zero-order chi connectivity index (χ0) is 15.8. The Morgan fingerprint density at radius 2 is 1.90 bits per heavy atom. The number of carbonyl (C=O) groups is 3. The van der Waals surface area contributed by atoms with Crippen LogP contribution in [0.3, 0.4) is 0 Å². The molecule has 1 rings (SSSR count). The highest BCUT2D eigenvalue weighted by molar-refractivity contribution is 5.97. The summed E-state index contributed by atoms with van der Waals surface area (Å²) in [5, 5.41) is 21.8. The fraction of sp³-hybridized carbons (Fsp3) is 0.308. The highest BCUT2D eigenvalue weighted by atomic mass is 19.1. The van der Waals surface area contributed by atoms with Gasteiger partial charge in [0.1, 0.15) is 11.9 Å². The number of benzene rings is 1. The van der Waals surface area contributed by atoms with Gasteiger partial charge < -0.3 is 20.8 Å². The average molecular weight is 298 g/mol. The second-order valence-corrected chi connectivity index (χ2v) is 4.13. The van der Waals surface area contributed by atoms with E-state index >= 15 is 0 Å². The van der Waals surface area contributed by atoms with Crippen molar-refractivity contribution in [1.29, 1.82) is 0 Å². The Kier molecular flexibility index (Phi) is 6.28. The van der Waals surface area contributed by atoms with E-state index in [1.54, 1.807) is 0 Å². The molecule has 1 atom stereocenters. The van der Waals surface area contributed by atoms with Gasteiger partial charge in [0, 0.05) is 13.0 Å². The monoisotopic (exact) mass is 298 g/mol. The van der Waals surface area contributed by atoms with Gasteiger partial charge >= 0.3 is 5.97 Å². The Morgan fingerprint density at radius 1 is 1.24 bits per heavy atom. The van der Waals surface area contributed by atoms with Crippen molar-refractivity contribution in [3.05, 3.63) is 35.6 Å². The summed E-state index contributed by atoms with van der Waals surface area (Å²) in [6, 6.07) is 4.02. The molecule has 0 aromatic heterocycles. The zero-order valence-corrected chi connectivity index (χ0v) is 11.0. The molecule has 4 N–H and O–H groups in total. The molecule has 0 aliphatic heterocycles.